The van der Waals surface area contributed by atoms with Crippen LogP contribution in [0.25, 0.3) is 0 Å². The van der Waals surface area contributed by atoms with Gasteiger partial charge in [0.15, 0.2) is 0 Å². The Hall–Kier alpha value is -1.06. The molecule has 0 aliphatic rings. The van der Waals surface area contributed by atoms with Crippen molar-refractivity contribution >= 4 is 0 Å². The van der Waals surface area contributed by atoms with Crippen LogP contribution >= 0.6 is 0 Å². The third-order valence-corrected chi connectivity index (χ3v) is 2.98. The molecule has 0 saturated carbocycles. The minimum atomic E-state index is 0.100. The molecule has 1 rings (SSSR count). The fourth-order valence-electron chi connectivity index (χ4n) is 1.77. The fourth-order valence-corrected chi connectivity index (χ4v) is 1.77. The maximum Gasteiger partial charge on any atom is 0.119 e. The Morgan fingerprint density at radius 1 is 1.35 bits per heavy atom. The fraction of sp³-hybridized carbons (Fsp3) is 0.571. The number of rotatable bonds is 7. The van der Waals surface area contributed by atoms with Crippen LogP contribution in [0.3, 0.4) is 0 Å². The molecular weight excluding hydrogens is 212 g/mol. The summed E-state index contributed by atoms with van der Waals surface area (Å²) in [6.07, 6.45) is 1.02. The van der Waals surface area contributed by atoms with E-state index in [1.54, 1.807) is 7.11 Å². The van der Waals surface area contributed by atoms with Gasteiger partial charge in [-0.2, -0.15) is 0 Å². The van der Waals surface area contributed by atoms with Crippen LogP contribution in [0, 0.1) is 0 Å². The largest absolute Gasteiger partial charge is 0.497 e. The molecule has 1 aromatic rings. The van der Waals surface area contributed by atoms with Gasteiger partial charge in [-0.1, -0.05) is 26.0 Å². The summed E-state index contributed by atoms with van der Waals surface area (Å²) in [6.45, 7) is 7.13. The molecule has 0 unspecified atom stereocenters. The zero-order valence-electron chi connectivity index (χ0n) is 11.1. The van der Waals surface area contributed by atoms with E-state index in [4.69, 9.17) is 10.5 Å². The molecule has 0 fully saturated rings. The lowest BCUT2D eigenvalue weighted by Gasteiger charge is -2.26. The molecule has 0 aliphatic heterocycles. The zero-order chi connectivity index (χ0) is 12.7. The SMILES string of the molecule is COc1cccc(C(C)(C)CNCCCN)c1. The van der Waals surface area contributed by atoms with E-state index in [0.29, 0.717) is 0 Å². The first kappa shape index (κ1) is 14.0. The molecule has 0 radical (unpaired) electrons. The average molecular weight is 236 g/mol. The molecule has 3 nitrogen and oxygen atoms in total. The molecule has 1 aromatic carbocycles. The summed E-state index contributed by atoms with van der Waals surface area (Å²) < 4.78 is 5.26. The first-order valence-corrected chi connectivity index (χ1v) is 6.15. The van der Waals surface area contributed by atoms with E-state index in [9.17, 15) is 0 Å². The van der Waals surface area contributed by atoms with Gasteiger partial charge in [-0.25, -0.2) is 0 Å². The second-order valence-electron chi connectivity index (χ2n) is 4.93. The molecule has 17 heavy (non-hydrogen) atoms. The van der Waals surface area contributed by atoms with Crippen molar-refractivity contribution in [2.45, 2.75) is 25.7 Å². The van der Waals surface area contributed by atoms with Gasteiger partial charge < -0.3 is 15.8 Å². The van der Waals surface area contributed by atoms with Crippen LogP contribution in [0.5, 0.6) is 5.75 Å². The van der Waals surface area contributed by atoms with Crippen LogP contribution in [-0.2, 0) is 5.41 Å². The number of hydrogen-bond acceptors (Lipinski definition) is 3. The zero-order valence-corrected chi connectivity index (χ0v) is 11.1. The lowest BCUT2D eigenvalue weighted by atomic mass is 9.84. The Bertz CT molecular complexity index is 337. The van der Waals surface area contributed by atoms with E-state index in [-0.39, 0.29) is 5.41 Å². The molecule has 3 heteroatoms. The number of ether oxygens (including phenoxy) is 1. The molecule has 0 heterocycles. The Labute approximate surface area is 104 Å². The Balaban J connectivity index is 2.61. The van der Waals surface area contributed by atoms with Crippen LogP contribution in [0.4, 0.5) is 0 Å². The standard InChI is InChI=1S/C14H24N2O/c1-14(2,11-16-9-5-8-15)12-6-4-7-13(10-12)17-3/h4,6-7,10,16H,5,8-9,11,15H2,1-3H3. The summed E-state index contributed by atoms with van der Waals surface area (Å²) in [5, 5.41) is 3.44. The van der Waals surface area contributed by atoms with Gasteiger partial charge in [-0.3, -0.25) is 0 Å². The van der Waals surface area contributed by atoms with Gasteiger partial charge in [0.25, 0.3) is 0 Å². The van der Waals surface area contributed by atoms with Gasteiger partial charge >= 0.3 is 0 Å². The quantitative estimate of drug-likeness (QED) is 0.711. The first-order chi connectivity index (χ1) is 8.10. The van der Waals surface area contributed by atoms with E-state index in [1.165, 1.54) is 5.56 Å². The molecule has 0 bridgehead atoms. The van der Waals surface area contributed by atoms with Crippen LogP contribution in [-0.4, -0.2) is 26.7 Å². The summed E-state index contributed by atoms with van der Waals surface area (Å²) in [7, 11) is 1.70. The van der Waals surface area contributed by atoms with Gasteiger partial charge in [0.1, 0.15) is 5.75 Å². The van der Waals surface area contributed by atoms with Crippen molar-refractivity contribution in [3.05, 3.63) is 29.8 Å². The molecule has 96 valence electrons. The summed E-state index contributed by atoms with van der Waals surface area (Å²) in [4.78, 5) is 0. The van der Waals surface area contributed by atoms with Crippen molar-refractivity contribution in [2.24, 2.45) is 5.73 Å². The molecular formula is C14H24N2O. The predicted octanol–water partition coefficient (Wildman–Crippen LogP) is 1.91. The molecule has 0 aliphatic carbocycles. The summed E-state index contributed by atoms with van der Waals surface area (Å²) in [5.41, 5.74) is 6.86. The highest BCUT2D eigenvalue weighted by atomic mass is 16.5. The van der Waals surface area contributed by atoms with Crippen molar-refractivity contribution in [3.63, 3.8) is 0 Å². The first-order valence-electron chi connectivity index (χ1n) is 6.15. The van der Waals surface area contributed by atoms with Gasteiger partial charge in [0.2, 0.25) is 0 Å². The maximum absolute atomic E-state index is 5.47. The topological polar surface area (TPSA) is 47.3 Å². The highest BCUT2D eigenvalue weighted by molar-refractivity contribution is 5.33. The van der Waals surface area contributed by atoms with Crippen molar-refractivity contribution < 1.29 is 4.74 Å². The van der Waals surface area contributed by atoms with E-state index < -0.39 is 0 Å². The molecule has 0 spiro atoms. The predicted molar refractivity (Wildman–Crippen MR) is 72.6 cm³/mol. The molecule has 0 amide bonds. The minimum Gasteiger partial charge on any atom is -0.497 e. The summed E-state index contributed by atoms with van der Waals surface area (Å²) in [5.74, 6) is 0.914. The third kappa shape index (κ3) is 4.36. The highest BCUT2D eigenvalue weighted by Gasteiger charge is 2.20. The molecule has 0 atom stereocenters. The number of benzene rings is 1. The van der Waals surface area contributed by atoms with Crippen molar-refractivity contribution in [1.29, 1.82) is 0 Å². The summed E-state index contributed by atoms with van der Waals surface area (Å²) in [6, 6.07) is 8.26. The van der Waals surface area contributed by atoms with Crippen molar-refractivity contribution in [1.82, 2.24) is 5.32 Å². The van der Waals surface area contributed by atoms with Gasteiger partial charge in [-0.15, -0.1) is 0 Å². The Kier molecular flexibility index (Phi) is 5.45. The second kappa shape index (κ2) is 6.62. The third-order valence-electron chi connectivity index (χ3n) is 2.98. The van der Waals surface area contributed by atoms with Crippen LogP contribution in [0.15, 0.2) is 24.3 Å². The summed E-state index contributed by atoms with van der Waals surface area (Å²) >= 11 is 0. The van der Waals surface area contributed by atoms with Crippen molar-refractivity contribution in [3.8, 4) is 5.75 Å². The Morgan fingerprint density at radius 3 is 2.76 bits per heavy atom. The second-order valence-corrected chi connectivity index (χ2v) is 4.93. The van der Waals surface area contributed by atoms with Crippen LogP contribution in [0.2, 0.25) is 0 Å². The lowest BCUT2D eigenvalue weighted by Crippen LogP contribution is -2.34. The molecule has 0 saturated heterocycles. The van der Waals surface area contributed by atoms with E-state index in [0.717, 1.165) is 31.8 Å². The average Bonchev–Trinajstić information content (AvgIpc) is 2.35. The highest BCUT2D eigenvalue weighted by Crippen LogP contribution is 2.25. The van der Waals surface area contributed by atoms with Gasteiger partial charge in [-0.05, 0) is 37.2 Å². The Morgan fingerprint density at radius 2 is 2.12 bits per heavy atom. The normalized spacial score (nSPS) is 11.5. The smallest absolute Gasteiger partial charge is 0.119 e. The molecule has 3 N–H and O–H groups in total. The van der Waals surface area contributed by atoms with E-state index >= 15 is 0 Å². The molecule has 0 aromatic heterocycles. The lowest BCUT2D eigenvalue weighted by molar-refractivity contribution is 0.410. The number of nitrogens with one attached hydrogen (secondary N) is 1. The number of hydrogen-bond donors (Lipinski definition) is 2. The minimum absolute atomic E-state index is 0.100. The monoisotopic (exact) mass is 236 g/mol. The number of nitrogens with two attached hydrogens (primary N) is 1. The number of methoxy groups -OCH3 is 1. The maximum atomic E-state index is 5.47. The van der Waals surface area contributed by atoms with E-state index in [2.05, 4.69) is 31.3 Å². The van der Waals surface area contributed by atoms with Gasteiger partial charge in [0.05, 0.1) is 7.11 Å². The van der Waals surface area contributed by atoms with Gasteiger partial charge in [0, 0.05) is 12.0 Å². The van der Waals surface area contributed by atoms with Crippen molar-refractivity contribution in [2.75, 3.05) is 26.7 Å². The van der Waals surface area contributed by atoms with Crippen LogP contribution in [0.1, 0.15) is 25.8 Å². The van der Waals surface area contributed by atoms with Crippen LogP contribution < -0.4 is 15.8 Å². The van der Waals surface area contributed by atoms with E-state index in [1.807, 2.05) is 12.1 Å².